The fourth-order valence-electron chi connectivity index (χ4n) is 1.08. The van der Waals surface area contributed by atoms with Gasteiger partial charge in [0.15, 0.2) is 0 Å². The van der Waals surface area contributed by atoms with Crippen molar-refractivity contribution in [2.75, 3.05) is 0 Å². The molecular formula is C11H15NO2S. The molecule has 0 amide bonds. The Morgan fingerprint density at radius 1 is 1.47 bits per heavy atom. The van der Waals surface area contributed by atoms with Crippen molar-refractivity contribution in [1.82, 2.24) is 4.98 Å². The fourth-order valence-corrected chi connectivity index (χ4v) is 1.98. The molecule has 0 unspecified atom stereocenters. The van der Waals surface area contributed by atoms with Crippen molar-refractivity contribution in [3.63, 3.8) is 0 Å². The second-order valence-corrected chi connectivity index (χ2v) is 6.18. The number of hydrogen-bond acceptors (Lipinski definition) is 3. The molecule has 0 radical (unpaired) electrons. The van der Waals surface area contributed by atoms with E-state index in [9.17, 15) is 4.79 Å². The number of aromatic nitrogens is 1. The Labute approximate surface area is 93.9 Å². The summed E-state index contributed by atoms with van der Waals surface area (Å²) in [5.74, 6) is -0.932. The lowest BCUT2D eigenvalue weighted by Gasteiger charge is -2.18. The van der Waals surface area contributed by atoms with Crippen LogP contribution in [-0.4, -0.2) is 20.8 Å². The molecule has 0 aliphatic heterocycles. The zero-order chi connectivity index (χ0) is 11.6. The van der Waals surface area contributed by atoms with E-state index in [0.29, 0.717) is 0 Å². The van der Waals surface area contributed by atoms with Gasteiger partial charge >= 0.3 is 5.97 Å². The highest BCUT2D eigenvalue weighted by Gasteiger charge is 2.15. The van der Waals surface area contributed by atoms with Crippen LogP contribution in [0.3, 0.4) is 0 Å². The molecule has 82 valence electrons. The highest BCUT2D eigenvalue weighted by Crippen LogP contribution is 2.32. The number of aromatic carboxylic acids is 1. The molecule has 4 heteroatoms. The Bertz CT molecular complexity index is 383. The molecule has 1 aromatic heterocycles. The predicted molar refractivity (Wildman–Crippen MR) is 61.5 cm³/mol. The van der Waals surface area contributed by atoms with E-state index >= 15 is 0 Å². The normalized spacial score (nSPS) is 11.5. The smallest absolute Gasteiger partial charge is 0.337 e. The standard InChI is InChI=1S/C11H15NO2S/c1-7-5-8(10(13)14)6-12-9(7)15-11(2,3)4/h5-6H,1-4H3,(H,13,14). The fraction of sp³-hybridized carbons (Fsp3) is 0.455. The predicted octanol–water partition coefficient (Wildman–Crippen LogP) is 2.98. The molecule has 0 aromatic carbocycles. The lowest BCUT2D eigenvalue weighted by atomic mass is 10.2. The van der Waals surface area contributed by atoms with Crippen molar-refractivity contribution in [3.8, 4) is 0 Å². The van der Waals surface area contributed by atoms with Gasteiger partial charge < -0.3 is 5.11 Å². The van der Waals surface area contributed by atoms with Crippen LogP contribution < -0.4 is 0 Å². The second-order valence-electron chi connectivity index (χ2n) is 4.37. The van der Waals surface area contributed by atoms with Crippen molar-refractivity contribution in [1.29, 1.82) is 0 Å². The zero-order valence-electron chi connectivity index (χ0n) is 9.37. The van der Waals surface area contributed by atoms with Crippen LogP contribution in [0.1, 0.15) is 36.7 Å². The number of aryl methyl sites for hydroxylation is 1. The average Bonchev–Trinajstić information content (AvgIpc) is 2.05. The van der Waals surface area contributed by atoms with Crippen LogP contribution >= 0.6 is 11.8 Å². The third-order valence-electron chi connectivity index (χ3n) is 1.68. The topological polar surface area (TPSA) is 50.2 Å². The quantitative estimate of drug-likeness (QED) is 0.786. The van der Waals surface area contributed by atoms with Gasteiger partial charge in [0, 0.05) is 10.9 Å². The molecule has 1 N–H and O–H groups in total. The van der Waals surface area contributed by atoms with E-state index in [0.717, 1.165) is 10.6 Å². The largest absolute Gasteiger partial charge is 0.478 e. The molecule has 3 nitrogen and oxygen atoms in total. The van der Waals surface area contributed by atoms with Gasteiger partial charge in [-0.05, 0) is 18.6 Å². The van der Waals surface area contributed by atoms with Crippen LogP contribution in [0.5, 0.6) is 0 Å². The molecule has 0 spiro atoms. The molecular weight excluding hydrogens is 210 g/mol. The Kier molecular flexibility index (Phi) is 3.39. The zero-order valence-corrected chi connectivity index (χ0v) is 10.2. The Morgan fingerprint density at radius 2 is 2.07 bits per heavy atom. The van der Waals surface area contributed by atoms with E-state index in [1.165, 1.54) is 6.20 Å². The van der Waals surface area contributed by atoms with Crippen LogP contribution in [0.2, 0.25) is 0 Å². The van der Waals surface area contributed by atoms with Crippen molar-refractivity contribution >= 4 is 17.7 Å². The van der Waals surface area contributed by atoms with Crippen molar-refractivity contribution in [3.05, 3.63) is 23.4 Å². The monoisotopic (exact) mass is 225 g/mol. The number of rotatable bonds is 2. The first-order valence-electron chi connectivity index (χ1n) is 4.68. The van der Waals surface area contributed by atoms with Gasteiger partial charge in [-0.25, -0.2) is 9.78 Å². The molecule has 15 heavy (non-hydrogen) atoms. The van der Waals surface area contributed by atoms with E-state index in [2.05, 4.69) is 25.8 Å². The van der Waals surface area contributed by atoms with E-state index < -0.39 is 5.97 Å². The van der Waals surface area contributed by atoms with Gasteiger partial charge in [-0.3, -0.25) is 0 Å². The molecule has 0 fully saturated rings. The van der Waals surface area contributed by atoms with Crippen molar-refractivity contribution < 1.29 is 9.90 Å². The molecule has 0 bridgehead atoms. The summed E-state index contributed by atoms with van der Waals surface area (Å²) in [6.07, 6.45) is 1.41. The van der Waals surface area contributed by atoms with Gasteiger partial charge in [0.2, 0.25) is 0 Å². The number of carbonyl (C=O) groups is 1. The van der Waals surface area contributed by atoms with Crippen LogP contribution in [0.15, 0.2) is 17.3 Å². The molecule has 1 heterocycles. The van der Waals surface area contributed by atoms with Gasteiger partial charge in [-0.1, -0.05) is 20.8 Å². The maximum absolute atomic E-state index is 10.7. The maximum atomic E-state index is 10.7. The summed E-state index contributed by atoms with van der Waals surface area (Å²) in [5.41, 5.74) is 1.15. The summed E-state index contributed by atoms with van der Waals surface area (Å²) in [4.78, 5) is 14.9. The molecule has 1 aromatic rings. The number of carboxylic acid groups (broad SMARTS) is 1. The van der Waals surface area contributed by atoms with E-state index in [-0.39, 0.29) is 10.3 Å². The minimum absolute atomic E-state index is 0.0858. The van der Waals surface area contributed by atoms with Gasteiger partial charge in [-0.2, -0.15) is 0 Å². The first-order chi connectivity index (χ1) is 6.79. The molecule has 0 saturated carbocycles. The van der Waals surface area contributed by atoms with Crippen LogP contribution in [0, 0.1) is 6.92 Å². The maximum Gasteiger partial charge on any atom is 0.337 e. The molecule has 0 aliphatic rings. The number of thioether (sulfide) groups is 1. The molecule has 0 saturated heterocycles. The van der Waals surface area contributed by atoms with Crippen molar-refractivity contribution in [2.45, 2.75) is 37.5 Å². The minimum Gasteiger partial charge on any atom is -0.478 e. The third-order valence-corrected chi connectivity index (χ3v) is 2.91. The van der Waals surface area contributed by atoms with Gasteiger partial charge in [0.05, 0.1) is 10.6 Å². The molecule has 1 rings (SSSR count). The SMILES string of the molecule is Cc1cc(C(=O)O)cnc1SC(C)(C)C. The van der Waals surface area contributed by atoms with Gasteiger partial charge in [-0.15, -0.1) is 11.8 Å². The summed E-state index contributed by atoms with van der Waals surface area (Å²) in [6.45, 7) is 8.19. The Morgan fingerprint density at radius 3 is 2.47 bits per heavy atom. The summed E-state index contributed by atoms with van der Waals surface area (Å²) < 4.78 is 0.0858. The van der Waals surface area contributed by atoms with Crippen LogP contribution in [0.4, 0.5) is 0 Å². The van der Waals surface area contributed by atoms with Gasteiger partial charge in [0.1, 0.15) is 0 Å². The first kappa shape index (κ1) is 12.0. The highest BCUT2D eigenvalue weighted by molar-refractivity contribution is 8.00. The Hall–Kier alpha value is -1.03. The number of hydrogen-bond donors (Lipinski definition) is 1. The van der Waals surface area contributed by atoms with E-state index in [1.807, 2.05) is 6.92 Å². The minimum atomic E-state index is -0.932. The lowest BCUT2D eigenvalue weighted by molar-refractivity contribution is 0.0696. The molecule has 0 atom stereocenters. The van der Waals surface area contributed by atoms with Crippen molar-refractivity contribution in [2.24, 2.45) is 0 Å². The first-order valence-corrected chi connectivity index (χ1v) is 5.50. The van der Waals surface area contributed by atoms with Crippen LogP contribution in [0.25, 0.3) is 0 Å². The number of nitrogens with zero attached hydrogens (tertiary/aromatic N) is 1. The van der Waals surface area contributed by atoms with E-state index in [1.54, 1.807) is 17.8 Å². The highest BCUT2D eigenvalue weighted by atomic mass is 32.2. The number of carboxylic acids is 1. The third kappa shape index (κ3) is 3.55. The van der Waals surface area contributed by atoms with Gasteiger partial charge in [0.25, 0.3) is 0 Å². The summed E-state index contributed by atoms with van der Waals surface area (Å²) in [6, 6.07) is 1.66. The number of pyridine rings is 1. The van der Waals surface area contributed by atoms with Crippen LogP contribution in [-0.2, 0) is 0 Å². The Balaban J connectivity index is 2.99. The van der Waals surface area contributed by atoms with E-state index in [4.69, 9.17) is 5.11 Å². The lowest BCUT2D eigenvalue weighted by Crippen LogP contribution is -2.08. The molecule has 0 aliphatic carbocycles. The summed E-state index contributed by atoms with van der Waals surface area (Å²) in [7, 11) is 0. The summed E-state index contributed by atoms with van der Waals surface area (Å²) in [5, 5.41) is 9.68. The average molecular weight is 225 g/mol. The second kappa shape index (κ2) is 4.23. The summed E-state index contributed by atoms with van der Waals surface area (Å²) >= 11 is 1.64.